The van der Waals surface area contributed by atoms with Crippen LogP contribution in [0, 0.1) is 0 Å². The molecule has 0 spiro atoms. The molecule has 246 valence electrons. The van der Waals surface area contributed by atoms with E-state index in [0.29, 0.717) is 11.5 Å². The fourth-order valence-electron chi connectivity index (χ4n) is 4.97. The Morgan fingerprint density at radius 3 is 2.17 bits per heavy atom. The van der Waals surface area contributed by atoms with Crippen molar-refractivity contribution in [3.05, 3.63) is 95.5 Å². The van der Waals surface area contributed by atoms with Crippen LogP contribution in [0.25, 0.3) is 32.6 Å². The van der Waals surface area contributed by atoms with Gasteiger partial charge in [-0.05, 0) is 84.1 Å². The normalized spacial score (nSPS) is 12.7. The van der Waals surface area contributed by atoms with Crippen molar-refractivity contribution in [1.29, 1.82) is 0 Å². The second-order valence-electron chi connectivity index (χ2n) is 15.1. The molecule has 5 rings (SSSR count). The zero-order valence-corrected chi connectivity index (χ0v) is 31.9. The molecule has 1 amide bonds. The lowest BCUT2D eigenvalue weighted by Gasteiger charge is -2.36. The molecule has 0 aliphatic heterocycles. The highest BCUT2D eigenvalue weighted by Crippen LogP contribution is 2.40. The minimum Gasteiger partial charge on any atom is -0.544 e. The Morgan fingerprint density at radius 1 is 0.894 bits per heavy atom. The minimum absolute atomic E-state index is 0.106. The molecule has 0 aliphatic carbocycles. The Kier molecular flexibility index (Phi) is 9.67. The standard InChI is InChI=1S/C38H47N3O3SSi2/c1-37(2,3)47(8,9)44-29-20-18-28(19-21-29)32-24-39-36(35(40-32)31-25-45-33-13-11-10-12-30(31)33)41-34(42)22-26-14-16-27(17-15-26)23-38(4,5)46(6,7)43/h10-21,24-25,43H,22-23H2,1-9H3,(H,39,41,42). The van der Waals surface area contributed by atoms with Crippen LogP contribution < -0.4 is 9.74 Å². The number of nitrogens with zero attached hydrogens (tertiary/aromatic N) is 2. The van der Waals surface area contributed by atoms with Gasteiger partial charge in [-0.1, -0.05) is 77.1 Å². The van der Waals surface area contributed by atoms with Crippen LogP contribution in [-0.4, -0.2) is 37.3 Å². The Labute approximate surface area is 285 Å². The highest BCUT2D eigenvalue weighted by atomic mass is 32.1. The average molecular weight is 682 g/mol. The van der Waals surface area contributed by atoms with E-state index in [0.717, 1.165) is 50.2 Å². The first-order valence-corrected chi connectivity index (χ1v) is 22.9. The van der Waals surface area contributed by atoms with Crippen molar-refractivity contribution < 1.29 is 14.0 Å². The van der Waals surface area contributed by atoms with Gasteiger partial charge in [0.1, 0.15) is 11.4 Å². The fourth-order valence-corrected chi connectivity index (χ4v) is 7.59. The van der Waals surface area contributed by atoms with Crippen molar-refractivity contribution in [2.75, 3.05) is 5.32 Å². The van der Waals surface area contributed by atoms with E-state index in [2.05, 4.69) is 82.7 Å². The Balaban J connectivity index is 1.40. The van der Waals surface area contributed by atoms with Gasteiger partial charge in [0.15, 0.2) is 14.1 Å². The smallest absolute Gasteiger partial charge is 0.250 e. The number of aromatic nitrogens is 2. The molecule has 9 heteroatoms. The van der Waals surface area contributed by atoms with Gasteiger partial charge in [0.25, 0.3) is 0 Å². The minimum atomic E-state index is -2.32. The van der Waals surface area contributed by atoms with E-state index >= 15 is 0 Å². The number of carbonyl (C=O) groups excluding carboxylic acids is 1. The summed E-state index contributed by atoms with van der Waals surface area (Å²) in [6.07, 6.45) is 2.73. The molecular weight excluding hydrogens is 635 g/mol. The molecule has 2 heterocycles. The van der Waals surface area contributed by atoms with Gasteiger partial charge in [-0.25, -0.2) is 9.97 Å². The predicted molar refractivity (Wildman–Crippen MR) is 202 cm³/mol. The largest absolute Gasteiger partial charge is 0.544 e. The molecule has 0 bridgehead atoms. The monoisotopic (exact) mass is 681 g/mol. The van der Waals surface area contributed by atoms with E-state index in [1.807, 2.05) is 61.6 Å². The first-order chi connectivity index (χ1) is 21.9. The lowest BCUT2D eigenvalue weighted by molar-refractivity contribution is -0.115. The maximum Gasteiger partial charge on any atom is 0.250 e. The van der Waals surface area contributed by atoms with Crippen molar-refractivity contribution >= 4 is 49.8 Å². The number of anilines is 1. The number of hydrogen-bond acceptors (Lipinski definition) is 6. The summed E-state index contributed by atoms with van der Waals surface area (Å²) in [7, 11) is -4.28. The van der Waals surface area contributed by atoms with E-state index in [1.165, 1.54) is 0 Å². The van der Waals surface area contributed by atoms with Crippen LogP contribution in [0.2, 0.25) is 36.3 Å². The third-order valence-electron chi connectivity index (χ3n) is 9.79. The SMILES string of the molecule is CC(C)(Cc1ccc(CC(=O)Nc2ncc(-c3ccc(O[Si](C)(C)C(C)(C)C)cc3)nc2-c2csc3ccccc23)cc1)[Si](C)(C)O. The number of rotatable bonds is 10. The van der Waals surface area contributed by atoms with Gasteiger partial charge in [0.2, 0.25) is 14.2 Å². The fraction of sp³-hybridized carbons (Fsp3) is 0.342. The summed E-state index contributed by atoms with van der Waals surface area (Å²) in [6.45, 7) is 19.4. The highest BCUT2D eigenvalue weighted by Gasteiger charge is 2.39. The Bertz CT molecular complexity index is 1870. The quantitative estimate of drug-likeness (QED) is 0.143. The van der Waals surface area contributed by atoms with Crippen molar-refractivity contribution in [3.8, 4) is 28.3 Å². The lowest BCUT2D eigenvalue weighted by Crippen LogP contribution is -2.43. The third kappa shape index (κ3) is 7.92. The van der Waals surface area contributed by atoms with Crippen molar-refractivity contribution in [1.82, 2.24) is 9.97 Å². The zero-order valence-electron chi connectivity index (χ0n) is 29.1. The predicted octanol–water partition coefficient (Wildman–Crippen LogP) is 10.1. The molecule has 47 heavy (non-hydrogen) atoms. The molecule has 0 atom stereocenters. The maximum absolute atomic E-state index is 13.4. The molecule has 3 aromatic carbocycles. The molecule has 0 aliphatic rings. The van der Waals surface area contributed by atoms with E-state index in [9.17, 15) is 9.59 Å². The molecule has 0 radical (unpaired) electrons. The van der Waals surface area contributed by atoms with Crippen LogP contribution in [0.1, 0.15) is 45.7 Å². The summed E-state index contributed by atoms with van der Waals surface area (Å²) in [6, 6.07) is 24.4. The van der Waals surface area contributed by atoms with E-state index < -0.39 is 16.6 Å². The molecule has 2 N–H and O–H groups in total. The molecule has 2 aromatic heterocycles. The summed E-state index contributed by atoms with van der Waals surface area (Å²) in [5.74, 6) is 1.14. The summed E-state index contributed by atoms with van der Waals surface area (Å²) in [4.78, 5) is 33.9. The van der Waals surface area contributed by atoms with Crippen LogP contribution in [0.4, 0.5) is 5.82 Å². The summed E-state index contributed by atoms with van der Waals surface area (Å²) in [5, 5.41) is 6.17. The summed E-state index contributed by atoms with van der Waals surface area (Å²) < 4.78 is 7.64. The maximum atomic E-state index is 13.4. The van der Waals surface area contributed by atoms with Crippen LogP contribution in [0.3, 0.4) is 0 Å². The highest BCUT2D eigenvalue weighted by molar-refractivity contribution is 7.17. The number of hydrogen-bond donors (Lipinski definition) is 2. The first-order valence-electron chi connectivity index (χ1n) is 16.2. The lowest BCUT2D eigenvalue weighted by atomic mass is 10.00. The molecule has 0 unspecified atom stereocenters. The molecule has 0 saturated carbocycles. The van der Waals surface area contributed by atoms with Gasteiger partial charge in [-0.15, -0.1) is 11.3 Å². The van der Waals surface area contributed by atoms with E-state index in [4.69, 9.17) is 14.4 Å². The molecule has 6 nitrogen and oxygen atoms in total. The molecule has 0 fully saturated rings. The molecular formula is C38H47N3O3SSi2. The number of carbonyl (C=O) groups is 1. The Hall–Kier alpha value is -3.64. The number of benzene rings is 3. The number of amides is 1. The van der Waals surface area contributed by atoms with E-state index in [1.54, 1.807) is 17.5 Å². The number of thiophene rings is 1. The van der Waals surface area contributed by atoms with Gasteiger partial charge >= 0.3 is 0 Å². The average Bonchev–Trinajstić information content (AvgIpc) is 3.41. The number of nitrogens with one attached hydrogen (secondary N) is 1. The summed E-state index contributed by atoms with van der Waals surface area (Å²) in [5.41, 5.74) is 5.30. The number of fused-ring (bicyclic) bond motifs is 1. The topological polar surface area (TPSA) is 84.3 Å². The van der Waals surface area contributed by atoms with Gasteiger partial charge < -0.3 is 14.5 Å². The van der Waals surface area contributed by atoms with Crippen molar-refractivity contribution in [2.45, 2.75) is 83.7 Å². The molecule has 0 saturated heterocycles. The zero-order chi connectivity index (χ0) is 34.2. The van der Waals surface area contributed by atoms with Gasteiger partial charge in [-0.2, -0.15) is 0 Å². The summed E-state index contributed by atoms with van der Waals surface area (Å²) >= 11 is 1.65. The Morgan fingerprint density at radius 2 is 1.53 bits per heavy atom. The molecule has 5 aromatic rings. The second-order valence-corrected chi connectivity index (χ2v) is 25.3. The van der Waals surface area contributed by atoms with Crippen LogP contribution in [0.15, 0.2) is 84.4 Å². The second kappa shape index (κ2) is 13.1. The van der Waals surface area contributed by atoms with Crippen molar-refractivity contribution in [2.24, 2.45) is 0 Å². The van der Waals surface area contributed by atoms with Crippen molar-refractivity contribution in [3.63, 3.8) is 0 Å². The van der Waals surface area contributed by atoms with Crippen LogP contribution in [0.5, 0.6) is 5.75 Å². The van der Waals surface area contributed by atoms with Crippen LogP contribution >= 0.6 is 11.3 Å². The van der Waals surface area contributed by atoms with Gasteiger partial charge in [0.05, 0.1) is 18.3 Å². The first kappa shape index (κ1) is 34.7. The van der Waals surface area contributed by atoms with Crippen LogP contribution in [-0.2, 0) is 17.6 Å². The van der Waals surface area contributed by atoms with Gasteiger partial charge in [0, 0.05) is 26.6 Å². The third-order valence-corrected chi connectivity index (χ3v) is 18.6. The van der Waals surface area contributed by atoms with Gasteiger partial charge in [-0.3, -0.25) is 4.79 Å². The van der Waals surface area contributed by atoms with E-state index in [-0.39, 0.29) is 22.4 Å².